The zero-order valence-corrected chi connectivity index (χ0v) is 21.9. The lowest BCUT2D eigenvalue weighted by molar-refractivity contribution is -0.143. The molecule has 2 saturated heterocycles. The summed E-state index contributed by atoms with van der Waals surface area (Å²) >= 11 is 0. The molecule has 0 bridgehead atoms. The van der Waals surface area contributed by atoms with Gasteiger partial charge in [0.05, 0.1) is 12.6 Å². The minimum Gasteiger partial charge on any atom is -0.466 e. The first-order chi connectivity index (χ1) is 14.6. The molecule has 8 nitrogen and oxygen atoms in total. The summed E-state index contributed by atoms with van der Waals surface area (Å²) in [5.74, 6) is 1.14. The number of hydrogen-bond donors (Lipinski definition) is 1. The van der Waals surface area contributed by atoms with Crippen LogP contribution in [0.3, 0.4) is 0 Å². The number of nitrogens with one attached hydrogen (secondary N) is 1. The molecule has 0 saturated carbocycles. The van der Waals surface area contributed by atoms with Crippen LogP contribution in [0.1, 0.15) is 58.8 Å². The van der Waals surface area contributed by atoms with Gasteiger partial charge in [-0.1, -0.05) is 12.8 Å². The van der Waals surface area contributed by atoms with Crippen LogP contribution in [0.15, 0.2) is 4.99 Å². The summed E-state index contributed by atoms with van der Waals surface area (Å²) < 4.78 is 4.95. The van der Waals surface area contributed by atoms with Gasteiger partial charge in [0.1, 0.15) is 0 Å². The molecule has 1 amide bonds. The average Bonchev–Trinajstić information content (AvgIpc) is 3.30. The second-order valence-corrected chi connectivity index (χ2v) is 8.17. The van der Waals surface area contributed by atoms with Gasteiger partial charge in [-0.2, -0.15) is 0 Å². The lowest BCUT2D eigenvalue weighted by atomic mass is 10.1. The molecule has 0 radical (unpaired) electrons. The van der Waals surface area contributed by atoms with Crippen molar-refractivity contribution in [3.05, 3.63) is 0 Å². The zero-order valence-electron chi connectivity index (χ0n) is 19.6. The number of guanidine groups is 1. The topological polar surface area (TPSA) is 77.5 Å². The number of likely N-dealkylation sites (tertiary alicyclic amines) is 1. The molecular formula is C22H42IN5O3. The van der Waals surface area contributed by atoms with Gasteiger partial charge in [0.25, 0.3) is 0 Å². The van der Waals surface area contributed by atoms with Crippen molar-refractivity contribution in [2.75, 3.05) is 59.5 Å². The number of esters is 1. The largest absolute Gasteiger partial charge is 0.466 e. The van der Waals surface area contributed by atoms with Crippen molar-refractivity contribution in [2.24, 2.45) is 4.99 Å². The number of unbranched alkanes of at least 4 members (excludes halogenated alkanes) is 3. The second-order valence-electron chi connectivity index (χ2n) is 8.17. The smallest absolute Gasteiger partial charge is 0.305 e. The van der Waals surface area contributed by atoms with E-state index in [-0.39, 0.29) is 41.9 Å². The van der Waals surface area contributed by atoms with Crippen LogP contribution < -0.4 is 5.32 Å². The number of piperazine rings is 1. The molecule has 0 aromatic carbocycles. The highest BCUT2D eigenvalue weighted by Crippen LogP contribution is 2.14. The maximum Gasteiger partial charge on any atom is 0.305 e. The highest BCUT2D eigenvalue weighted by molar-refractivity contribution is 14.0. The molecule has 2 rings (SSSR count). The Morgan fingerprint density at radius 1 is 0.968 bits per heavy atom. The Balaban J connectivity index is 0.00000480. The molecule has 9 heteroatoms. The predicted octanol–water partition coefficient (Wildman–Crippen LogP) is 2.32. The van der Waals surface area contributed by atoms with E-state index in [1.165, 1.54) is 0 Å². The van der Waals surface area contributed by atoms with E-state index >= 15 is 0 Å². The van der Waals surface area contributed by atoms with E-state index in [0.717, 1.165) is 90.3 Å². The molecule has 2 heterocycles. The minimum atomic E-state index is -0.0911. The van der Waals surface area contributed by atoms with E-state index in [0.29, 0.717) is 13.0 Å². The van der Waals surface area contributed by atoms with Gasteiger partial charge in [0.15, 0.2) is 5.96 Å². The van der Waals surface area contributed by atoms with Gasteiger partial charge in [0, 0.05) is 59.3 Å². The number of carbonyl (C=O) groups is 2. The van der Waals surface area contributed by atoms with E-state index in [9.17, 15) is 9.59 Å². The van der Waals surface area contributed by atoms with Gasteiger partial charge in [0.2, 0.25) is 5.91 Å². The lowest BCUT2D eigenvalue weighted by Gasteiger charge is -2.39. The highest BCUT2D eigenvalue weighted by atomic mass is 127. The minimum absolute atomic E-state index is 0. The monoisotopic (exact) mass is 551 g/mol. The van der Waals surface area contributed by atoms with Crippen LogP contribution in [-0.2, 0) is 14.3 Å². The Hall–Kier alpha value is -1.10. The molecule has 2 aliphatic rings. The summed E-state index contributed by atoms with van der Waals surface area (Å²) in [6, 6.07) is -0.0326. The zero-order chi connectivity index (χ0) is 21.8. The molecule has 2 aliphatic heterocycles. The van der Waals surface area contributed by atoms with E-state index in [2.05, 4.69) is 20.1 Å². The summed E-state index contributed by atoms with van der Waals surface area (Å²) in [4.78, 5) is 35.0. The molecule has 2 fully saturated rings. The number of hydrogen-bond acceptors (Lipinski definition) is 5. The summed E-state index contributed by atoms with van der Waals surface area (Å²) in [6.07, 6.45) is 6.88. The Labute approximate surface area is 205 Å². The lowest BCUT2D eigenvalue weighted by Crippen LogP contribution is -2.57. The first-order valence-electron chi connectivity index (χ1n) is 11.7. The van der Waals surface area contributed by atoms with Crippen molar-refractivity contribution in [1.82, 2.24) is 20.0 Å². The van der Waals surface area contributed by atoms with Crippen LogP contribution in [-0.4, -0.2) is 98.0 Å². The number of nitrogens with zero attached hydrogens (tertiary/aromatic N) is 4. The Bertz CT molecular complexity index is 561. The summed E-state index contributed by atoms with van der Waals surface area (Å²) in [7, 11) is 1.83. The Morgan fingerprint density at radius 2 is 1.61 bits per heavy atom. The van der Waals surface area contributed by atoms with Crippen LogP contribution in [0, 0.1) is 0 Å². The highest BCUT2D eigenvalue weighted by Gasteiger charge is 2.30. The molecule has 1 atom stereocenters. The van der Waals surface area contributed by atoms with E-state index < -0.39 is 0 Å². The second kappa shape index (κ2) is 15.7. The van der Waals surface area contributed by atoms with Crippen molar-refractivity contribution in [1.29, 1.82) is 0 Å². The number of amides is 1. The van der Waals surface area contributed by atoms with Crippen LogP contribution in [0.4, 0.5) is 0 Å². The fourth-order valence-corrected chi connectivity index (χ4v) is 4.19. The van der Waals surface area contributed by atoms with Gasteiger partial charge < -0.3 is 19.9 Å². The molecular weight excluding hydrogens is 509 g/mol. The van der Waals surface area contributed by atoms with E-state index in [1.54, 1.807) is 0 Å². The fraction of sp³-hybridized carbons (Fsp3) is 0.864. The van der Waals surface area contributed by atoms with Crippen molar-refractivity contribution in [3.8, 4) is 0 Å². The van der Waals surface area contributed by atoms with Gasteiger partial charge in [-0.15, -0.1) is 24.0 Å². The maximum atomic E-state index is 12.6. The van der Waals surface area contributed by atoms with Gasteiger partial charge in [-0.3, -0.25) is 19.5 Å². The molecule has 1 unspecified atom stereocenters. The van der Waals surface area contributed by atoms with Crippen LogP contribution >= 0.6 is 24.0 Å². The standard InChI is InChI=1S/C22H41N5O3.HI/c1-4-30-20(28)11-7-5-6-8-12-24-22(23-3)27-17-15-25(16-18-27)19(2)21(29)26-13-9-10-14-26;/h19H,4-18H2,1-3H3,(H,23,24);1H. The van der Waals surface area contributed by atoms with E-state index in [1.807, 2.05) is 25.8 Å². The third-order valence-electron chi connectivity index (χ3n) is 6.04. The number of halogens is 1. The Kier molecular flexibility index (Phi) is 14.1. The number of rotatable bonds is 10. The van der Waals surface area contributed by atoms with E-state index in [4.69, 9.17) is 4.74 Å². The summed E-state index contributed by atoms with van der Waals surface area (Å²) in [5.41, 5.74) is 0. The SMILES string of the molecule is CCOC(=O)CCCCCCNC(=NC)N1CCN(C(C)C(=O)N2CCCC2)CC1.I. The van der Waals surface area contributed by atoms with Crippen molar-refractivity contribution < 1.29 is 14.3 Å². The van der Waals surface area contributed by atoms with Gasteiger partial charge >= 0.3 is 5.97 Å². The molecule has 1 N–H and O–H groups in total. The van der Waals surface area contributed by atoms with Crippen LogP contribution in [0.2, 0.25) is 0 Å². The van der Waals surface area contributed by atoms with Crippen molar-refractivity contribution >= 4 is 41.8 Å². The molecule has 31 heavy (non-hydrogen) atoms. The summed E-state index contributed by atoms with van der Waals surface area (Å²) in [6.45, 7) is 10.6. The van der Waals surface area contributed by atoms with Crippen LogP contribution in [0.5, 0.6) is 0 Å². The van der Waals surface area contributed by atoms with Crippen LogP contribution in [0.25, 0.3) is 0 Å². The van der Waals surface area contributed by atoms with Gasteiger partial charge in [-0.25, -0.2) is 0 Å². The quantitative estimate of drug-likeness (QED) is 0.148. The van der Waals surface area contributed by atoms with Crippen molar-refractivity contribution in [3.63, 3.8) is 0 Å². The molecule has 0 spiro atoms. The molecule has 0 aromatic heterocycles. The van der Waals surface area contributed by atoms with Gasteiger partial charge in [-0.05, 0) is 39.5 Å². The first kappa shape index (κ1) is 27.9. The maximum absolute atomic E-state index is 12.6. The number of ether oxygens (including phenoxy) is 1. The number of aliphatic imine (C=N–C) groups is 1. The predicted molar refractivity (Wildman–Crippen MR) is 135 cm³/mol. The molecule has 0 aliphatic carbocycles. The third kappa shape index (κ3) is 9.51. The third-order valence-corrected chi connectivity index (χ3v) is 6.04. The van der Waals surface area contributed by atoms with Crippen molar-refractivity contribution in [2.45, 2.75) is 64.8 Å². The molecule has 180 valence electrons. The molecule has 0 aromatic rings. The normalized spacial score (nSPS) is 18.5. The average molecular weight is 552 g/mol. The first-order valence-corrected chi connectivity index (χ1v) is 11.7. The number of carbonyl (C=O) groups excluding carboxylic acids is 2. The Morgan fingerprint density at radius 3 is 2.23 bits per heavy atom. The summed E-state index contributed by atoms with van der Waals surface area (Å²) in [5, 5.41) is 3.46. The fourth-order valence-electron chi connectivity index (χ4n) is 4.19.